The molecular formula is C26H24N4O3S. The number of hydrogen-bond donors (Lipinski definition) is 1. The summed E-state index contributed by atoms with van der Waals surface area (Å²) in [5.41, 5.74) is 3.21. The number of benzene rings is 3. The van der Waals surface area contributed by atoms with Crippen LogP contribution < -0.4 is 19.7 Å². The lowest BCUT2D eigenvalue weighted by Crippen LogP contribution is -2.36. The van der Waals surface area contributed by atoms with Crippen molar-refractivity contribution in [3.8, 4) is 11.5 Å². The summed E-state index contributed by atoms with van der Waals surface area (Å²) in [5.74, 6) is 2.10. The first kappa shape index (κ1) is 21.9. The Morgan fingerprint density at radius 3 is 2.44 bits per heavy atom. The number of nitrogens with zero attached hydrogens (tertiary/aromatic N) is 3. The molecular weight excluding hydrogens is 448 g/mol. The van der Waals surface area contributed by atoms with Gasteiger partial charge in [-0.3, -0.25) is 4.79 Å². The lowest BCUT2D eigenvalue weighted by atomic mass is 10.1. The SMILES string of the molecule is O=C(CN(Cc1ccccc1)c1nc(Cc2ccccc2)ns1)NCc1ccc2c(c1)OCO2. The standard InChI is InChI=1S/C26H24N4O3S/c31-25(27-15-21-11-12-22-23(13-21)33-18-32-22)17-30(16-20-9-5-2-6-10-20)26-28-24(29-34-26)14-19-7-3-1-4-8-19/h1-13H,14-18H2,(H,27,31). The predicted molar refractivity (Wildman–Crippen MR) is 131 cm³/mol. The quantitative estimate of drug-likeness (QED) is 0.394. The molecule has 5 rings (SSSR count). The topological polar surface area (TPSA) is 76.6 Å². The summed E-state index contributed by atoms with van der Waals surface area (Å²) in [5, 5.41) is 3.73. The summed E-state index contributed by atoms with van der Waals surface area (Å²) in [6, 6.07) is 25.9. The van der Waals surface area contributed by atoms with E-state index in [1.165, 1.54) is 11.5 Å². The van der Waals surface area contributed by atoms with E-state index >= 15 is 0 Å². The van der Waals surface area contributed by atoms with Gasteiger partial charge in [-0.05, 0) is 28.8 Å². The number of carbonyl (C=O) groups is 1. The molecule has 8 heteroatoms. The Morgan fingerprint density at radius 2 is 1.65 bits per heavy atom. The molecule has 1 aliphatic heterocycles. The largest absolute Gasteiger partial charge is 0.454 e. The molecule has 1 amide bonds. The summed E-state index contributed by atoms with van der Waals surface area (Å²) in [6.07, 6.45) is 0.660. The van der Waals surface area contributed by atoms with Gasteiger partial charge < -0.3 is 19.7 Å². The zero-order chi connectivity index (χ0) is 23.2. The van der Waals surface area contributed by atoms with Crippen molar-refractivity contribution in [3.05, 3.63) is 101 Å². The monoisotopic (exact) mass is 472 g/mol. The first-order valence-corrected chi connectivity index (χ1v) is 11.8. The predicted octanol–water partition coefficient (Wildman–Crippen LogP) is 4.18. The molecule has 4 aromatic rings. The molecule has 3 aromatic carbocycles. The number of hydrogen-bond acceptors (Lipinski definition) is 7. The molecule has 0 atom stereocenters. The third-order valence-corrected chi connectivity index (χ3v) is 6.23. The van der Waals surface area contributed by atoms with Gasteiger partial charge in [0.25, 0.3) is 0 Å². The molecule has 7 nitrogen and oxygen atoms in total. The van der Waals surface area contributed by atoms with Gasteiger partial charge in [0.15, 0.2) is 11.5 Å². The van der Waals surface area contributed by atoms with Crippen LogP contribution in [-0.4, -0.2) is 28.6 Å². The number of rotatable bonds is 9. The van der Waals surface area contributed by atoms with Crippen LogP contribution in [0.2, 0.25) is 0 Å². The Kier molecular flexibility index (Phi) is 6.67. The molecule has 0 fully saturated rings. The zero-order valence-electron chi connectivity index (χ0n) is 18.5. The maximum absolute atomic E-state index is 12.9. The van der Waals surface area contributed by atoms with Crippen LogP contribution in [-0.2, 0) is 24.3 Å². The highest BCUT2D eigenvalue weighted by Crippen LogP contribution is 2.32. The van der Waals surface area contributed by atoms with Crippen LogP contribution in [0, 0.1) is 0 Å². The normalized spacial score (nSPS) is 11.9. The highest BCUT2D eigenvalue weighted by molar-refractivity contribution is 7.09. The molecule has 1 aliphatic rings. The summed E-state index contributed by atoms with van der Waals surface area (Å²) in [6.45, 7) is 1.38. The smallest absolute Gasteiger partial charge is 0.239 e. The van der Waals surface area contributed by atoms with Gasteiger partial charge in [0, 0.05) is 31.0 Å². The van der Waals surface area contributed by atoms with Crippen LogP contribution >= 0.6 is 11.5 Å². The molecule has 0 aliphatic carbocycles. The van der Waals surface area contributed by atoms with E-state index in [1.54, 1.807) is 0 Å². The third-order valence-electron chi connectivity index (χ3n) is 5.41. The van der Waals surface area contributed by atoms with E-state index in [9.17, 15) is 4.79 Å². The van der Waals surface area contributed by atoms with E-state index in [2.05, 4.69) is 21.8 Å². The van der Waals surface area contributed by atoms with Crippen molar-refractivity contribution in [2.75, 3.05) is 18.2 Å². The zero-order valence-corrected chi connectivity index (χ0v) is 19.3. The van der Waals surface area contributed by atoms with E-state index < -0.39 is 0 Å². The summed E-state index contributed by atoms with van der Waals surface area (Å²) >= 11 is 1.32. The average Bonchev–Trinajstić information content (AvgIpc) is 3.53. The second kappa shape index (κ2) is 10.4. The van der Waals surface area contributed by atoms with E-state index in [0.717, 1.165) is 33.4 Å². The van der Waals surface area contributed by atoms with Crippen molar-refractivity contribution in [1.29, 1.82) is 0 Å². The first-order chi connectivity index (χ1) is 16.7. The second-order valence-electron chi connectivity index (χ2n) is 7.96. The van der Waals surface area contributed by atoms with Gasteiger partial charge in [-0.25, -0.2) is 4.98 Å². The number of fused-ring (bicyclic) bond motifs is 1. The van der Waals surface area contributed by atoms with Crippen LogP contribution in [0.1, 0.15) is 22.5 Å². The van der Waals surface area contributed by atoms with E-state index in [1.807, 2.05) is 71.6 Å². The second-order valence-corrected chi connectivity index (χ2v) is 8.69. The fourth-order valence-corrected chi connectivity index (χ4v) is 4.38. The van der Waals surface area contributed by atoms with Crippen molar-refractivity contribution >= 4 is 22.6 Å². The molecule has 0 saturated heterocycles. The van der Waals surface area contributed by atoms with Crippen LogP contribution in [0.15, 0.2) is 78.9 Å². The van der Waals surface area contributed by atoms with Gasteiger partial charge in [0.05, 0.1) is 6.54 Å². The van der Waals surface area contributed by atoms with E-state index in [-0.39, 0.29) is 19.2 Å². The van der Waals surface area contributed by atoms with Crippen LogP contribution in [0.3, 0.4) is 0 Å². The molecule has 34 heavy (non-hydrogen) atoms. The Hall–Kier alpha value is -3.91. The number of aromatic nitrogens is 2. The lowest BCUT2D eigenvalue weighted by Gasteiger charge is -2.21. The average molecular weight is 473 g/mol. The van der Waals surface area contributed by atoms with Crippen molar-refractivity contribution in [3.63, 3.8) is 0 Å². The van der Waals surface area contributed by atoms with Gasteiger partial charge >= 0.3 is 0 Å². The number of ether oxygens (including phenoxy) is 2. The van der Waals surface area contributed by atoms with Crippen LogP contribution in [0.25, 0.3) is 0 Å². The maximum Gasteiger partial charge on any atom is 0.239 e. The molecule has 1 aromatic heterocycles. The molecule has 0 unspecified atom stereocenters. The summed E-state index contributed by atoms with van der Waals surface area (Å²) in [7, 11) is 0. The summed E-state index contributed by atoms with van der Waals surface area (Å²) < 4.78 is 15.3. The van der Waals surface area contributed by atoms with Crippen molar-refractivity contribution < 1.29 is 14.3 Å². The van der Waals surface area contributed by atoms with Crippen LogP contribution in [0.4, 0.5) is 5.13 Å². The van der Waals surface area contributed by atoms with Gasteiger partial charge in [-0.1, -0.05) is 66.7 Å². The summed E-state index contributed by atoms with van der Waals surface area (Å²) in [4.78, 5) is 19.6. The number of carbonyl (C=O) groups excluding carboxylic acids is 1. The van der Waals surface area contributed by atoms with E-state index in [0.29, 0.717) is 25.3 Å². The van der Waals surface area contributed by atoms with Gasteiger partial charge in [0.2, 0.25) is 17.8 Å². The fraction of sp³-hybridized carbons (Fsp3) is 0.192. The minimum Gasteiger partial charge on any atom is -0.454 e. The van der Waals surface area contributed by atoms with E-state index in [4.69, 9.17) is 14.5 Å². The Labute approximate surface area is 202 Å². The molecule has 2 heterocycles. The highest BCUT2D eigenvalue weighted by atomic mass is 32.1. The van der Waals surface area contributed by atoms with Gasteiger partial charge in [-0.2, -0.15) is 4.37 Å². The lowest BCUT2D eigenvalue weighted by molar-refractivity contribution is -0.119. The number of amides is 1. The van der Waals surface area contributed by atoms with Crippen LogP contribution in [0.5, 0.6) is 11.5 Å². The molecule has 1 N–H and O–H groups in total. The Balaban J connectivity index is 1.26. The molecule has 0 saturated carbocycles. The van der Waals surface area contributed by atoms with Crippen molar-refractivity contribution in [1.82, 2.24) is 14.7 Å². The molecule has 0 bridgehead atoms. The van der Waals surface area contributed by atoms with Crippen molar-refractivity contribution in [2.45, 2.75) is 19.5 Å². The fourth-order valence-electron chi connectivity index (χ4n) is 3.70. The molecule has 172 valence electrons. The Bertz CT molecular complexity index is 1250. The minimum atomic E-state index is -0.0894. The van der Waals surface area contributed by atoms with Crippen molar-refractivity contribution in [2.24, 2.45) is 0 Å². The van der Waals surface area contributed by atoms with Gasteiger partial charge in [-0.15, -0.1) is 0 Å². The molecule has 0 spiro atoms. The minimum absolute atomic E-state index is 0.0894. The first-order valence-electron chi connectivity index (χ1n) is 11.0. The Morgan fingerprint density at radius 1 is 0.912 bits per heavy atom. The number of anilines is 1. The number of nitrogens with one attached hydrogen (secondary N) is 1. The highest BCUT2D eigenvalue weighted by Gasteiger charge is 2.18. The third kappa shape index (κ3) is 5.52. The maximum atomic E-state index is 12.9. The molecule has 0 radical (unpaired) electrons. The van der Waals surface area contributed by atoms with Gasteiger partial charge in [0.1, 0.15) is 5.82 Å².